The monoisotopic (exact) mass is 382 g/mol. The number of anilines is 1. The molecular weight excluding hydrogens is 352 g/mol. The molecule has 1 aliphatic rings. The summed E-state index contributed by atoms with van der Waals surface area (Å²) in [4.78, 5) is 12.3. The van der Waals surface area contributed by atoms with E-state index in [1.165, 1.54) is 16.8 Å². The van der Waals surface area contributed by atoms with Gasteiger partial charge in [0, 0.05) is 25.2 Å². The second kappa shape index (κ2) is 9.00. The summed E-state index contributed by atoms with van der Waals surface area (Å²) in [6, 6.07) is 12.2. The van der Waals surface area contributed by atoms with Crippen LogP contribution in [0.3, 0.4) is 0 Å². The number of fused-ring (bicyclic) bond motifs is 1. The van der Waals surface area contributed by atoms with Gasteiger partial charge < -0.3 is 20.1 Å². The summed E-state index contributed by atoms with van der Waals surface area (Å²) in [7, 11) is 0. The highest BCUT2D eigenvalue weighted by Gasteiger charge is 2.15. The minimum atomic E-state index is 0.0262. The molecule has 1 heterocycles. The van der Waals surface area contributed by atoms with Gasteiger partial charge >= 0.3 is 0 Å². The summed E-state index contributed by atoms with van der Waals surface area (Å²) < 4.78 is 10.7. The number of hydrogen-bond donors (Lipinski definition) is 2. The number of ether oxygens (including phenoxy) is 2. The Morgan fingerprint density at radius 3 is 2.36 bits per heavy atom. The van der Waals surface area contributed by atoms with Crippen molar-refractivity contribution in [2.24, 2.45) is 0 Å². The fourth-order valence-electron chi connectivity index (χ4n) is 3.40. The number of hydrogen-bond acceptors (Lipinski definition) is 4. The van der Waals surface area contributed by atoms with Crippen molar-refractivity contribution in [1.29, 1.82) is 0 Å². The molecule has 2 aromatic carbocycles. The minimum absolute atomic E-state index is 0.0262. The highest BCUT2D eigenvalue weighted by Crippen LogP contribution is 2.33. The predicted octanol–water partition coefficient (Wildman–Crippen LogP) is 4.78. The Morgan fingerprint density at radius 1 is 1.00 bits per heavy atom. The van der Waals surface area contributed by atoms with Crippen molar-refractivity contribution in [3.8, 4) is 11.5 Å². The molecule has 0 spiro atoms. The van der Waals surface area contributed by atoms with Crippen LogP contribution in [-0.4, -0.2) is 19.2 Å². The van der Waals surface area contributed by atoms with Gasteiger partial charge in [-0.3, -0.25) is 4.79 Å². The van der Waals surface area contributed by atoms with Gasteiger partial charge in [-0.05, 0) is 40.7 Å². The Morgan fingerprint density at radius 2 is 1.68 bits per heavy atom. The molecule has 3 rings (SSSR count). The Kier molecular flexibility index (Phi) is 6.45. The molecule has 2 N–H and O–H groups in total. The second-order valence-electron chi connectivity index (χ2n) is 7.76. The Hall–Kier alpha value is -2.69. The predicted molar refractivity (Wildman–Crippen MR) is 112 cm³/mol. The first-order chi connectivity index (χ1) is 13.5. The molecule has 5 heteroatoms. The summed E-state index contributed by atoms with van der Waals surface area (Å²) >= 11 is 0. The van der Waals surface area contributed by atoms with E-state index in [-0.39, 0.29) is 12.7 Å². The zero-order valence-electron chi connectivity index (χ0n) is 17.2. The van der Waals surface area contributed by atoms with Crippen LogP contribution in [0, 0.1) is 0 Å². The molecule has 0 fully saturated rings. The summed E-state index contributed by atoms with van der Waals surface area (Å²) in [6.07, 6.45) is 0.425. The number of amides is 1. The number of para-hydroxylation sites is 1. The molecule has 0 radical (unpaired) electrons. The van der Waals surface area contributed by atoms with Crippen molar-refractivity contribution in [2.45, 2.75) is 52.5 Å². The van der Waals surface area contributed by atoms with Crippen molar-refractivity contribution in [1.82, 2.24) is 5.32 Å². The molecule has 2 aromatic rings. The van der Waals surface area contributed by atoms with Gasteiger partial charge in [0.05, 0.1) is 0 Å². The summed E-state index contributed by atoms with van der Waals surface area (Å²) in [5.41, 5.74) is 4.77. The quantitative estimate of drug-likeness (QED) is 0.690. The molecule has 0 atom stereocenters. The highest BCUT2D eigenvalue weighted by molar-refractivity contribution is 5.76. The number of benzene rings is 2. The van der Waals surface area contributed by atoms with E-state index < -0.39 is 0 Å². The molecule has 1 amide bonds. The van der Waals surface area contributed by atoms with Crippen LogP contribution in [-0.2, 0) is 11.3 Å². The van der Waals surface area contributed by atoms with Crippen molar-refractivity contribution < 1.29 is 14.3 Å². The molecule has 5 nitrogen and oxygen atoms in total. The van der Waals surface area contributed by atoms with Crippen molar-refractivity contribution in [3.05, 3.63) is 53.1 Å². The van der Waals surface area contributed by atoms with E-state index >= 15 is 0 Å². The first-order valence-corrected chi connectivity index (χ1v) is 9.97. The summed E-state index contributed by atoms with van der Waals surface area (Å²) in [5.74, 6) is 2.38. The van der Waals surface area contributed by atoms with E-state index in [1.54, 1.807) is 0 Å². The molecule has 0 saturated carbocycles. The molecule has 0 unspecified atom stereocenters. The van der Waals surface area contributed by atoms with Crippen LogP contribution in [0.1, 0.15) is 62.6 Å². The van der Waals surface area contributed by atoms with Gasteiger partial charge in [-0.25, -0.2) is 0 Å². The maximum atomic E-state index is 12.3. The SMILES string of the molecule is CC(C)c1cccc(C(C)C)c1NCCC(=O)NCc1ccc2c(c1)OCO2. The van der Waals surface area contributed by atoms with Crippen LogP contribution in [0.2, 0.25) is 0 Å². The van der Waals surface area contributed by atoms with Crippen LogP contribution in [0.5, 0.6) is 11.5 Å². The molecule has 0 aromatic heterocycles. The van der Waals surface area contributed by atoms with Gasteiger partial charge in [0.1, 0.15) is 0 Å². The lowest BCUT2D eigenvalue weighted by molar-refractivity contribution is -0.121. The fourth-order valence-corrected chi connectivity index (χ4v) is 3.40. The Bertz CT molecular complexity index is 804. The second-order valence-corrected chi connectivity index (χ2v) is 7.76. The number of rotatable bonds is 8. The average Bonchev–Trinajstić information content (AvgIpc) is 3.14. The lowest BCUT2D eigenvalue weighted by atomic mass is 9.92. The zero-order chi connectivity index (χ0) is 20.1. The van der Waals surface area contributed by atoms with Crippen LogP contribution in [0.4, 0.5) is 5.69 Å². The molecule has 1 aliphatic heterocycles. The number of carbonyl (C=O) groups is 1. The Labute approximate surface area is 167 Å². The van der Waals surface area contributed by atoms with Crippen molar-refractivity contribution in [2.75, 3.05) is 18.7 Å². The van der Waals surface area contributed by atoms with E-state index in [2.05, 4.69) is 56.5 Å². The van der Waals surface area contributed by atoms with Crippen molar-refractivity contribution in [3.63, 3.8) is 0 Å². The lowest BCUT2D eigenvalue weighted by Crippen LogP contribution is -2.25. The van der Waals surface area contributed by atoms with Crippen LogP contribution >= 0.6 is 0 Å². The molecule has 0 saturated heterocycles. The fraction of sp³-hybridized carbons (Fsp3) is 0.435. The molecule has 0 aliphatic carbocycles. The largest absolute Gasteiger partial charge is 0.454 e. The lowest BCUT2D eigenvalue weighted by Gasteiger charge is -2.20. The highest BCUT2D eigenvalue weighted by atomic mass is 16.7. The van der Waals surface area contributed by atoms with Crippen LogP contribution in [0.25, 0.3) is 0 Å². The first-order valence-electron chi connectivity index (χ1n) is 9.97. The van der Waals surface area contributed by atoms with Gasteiger partial charge in [0.25, 0.3) is 0 Å². The normalized spacial score (nSPS) is 12.5. The number of carbonyl (C=O) groups excluding carboxylic acids is 1. The maximum absolute atomic E-state index is 12.3. The third kappa shape index (κ3) is 4.77. The summed E-state index contributed by atoms with van der Waals surface area (Å²) in [6.45, 7) is 10.1. The van der Waals surface area contributed by atoms with E-state index in [0.717, 1.165) is 17.1 Å². The van der Waals surface area contributed by atoms with Crippen LogP contribution < -0.4 is 20.1 Å². The zero-order valence-corrected chi connectivity index (χ0v) is 17.2. The molecule has 28 heavy (non-hydrogen) atoms. The standard InChI is InChI=1S/C23H30N2O3/c1-15(2)18-6-5-7-19(16(3)4)23(18)24-11-10-22(26)25-13-17-8-9-20-21(12-17)28-14-27-20/h5-9,12,15-16,24H,10-11,13-14H2,1-4H3,(H,25,26). The van der Waals surface area contributed by atoms with Gasteiger partial charge in [-0.2, -0.15) is 0 Å². The van der Waals surface area contributed by atoms with E-state index in [1.807, 2.05) is 18.2 Å². The molecular formula is C23H30N2O3. The molecule has 150 valence electrons. The van der Waals surface area contributed by atoms with Gasteiger partial charge in [0.15, 0.2) is 11.5 Å². The van der Waals surface area contributed by atoms with E-state index in [4.69, 9.17) is 9.47 Å². The smallest absolute Gasteiger partial charge is 0.231 e. The van der Waals surface area contributed by atoms with Crippen molar-refractivity contribution >= 4 is 11.6 Å². The molecule has 0 bridgehead atoms. The first kappa shape index (κ1) is 20.1. The average molecular weight is 383 g/mol. The third-order valence-corrected chi connectivity index (χ3v) is 4.95. The van der Waals surface area contributed by atoms with Gasteiger partial charge in [-0.1, -0.05) is 52.0 Å². The van der Waals surface area contributed by atoms with Crippen LogP contribution in [0.15, 0.2) is 36.4 Å². The van der Waals surface area contributed by atoms with E-state index in [9.17, 15) is 4.79 Å². The van der Waals surface area contributed by atoms with Gasteiger partial charge in [0.2, 0.25) is 12.7 Å². The maximum Gasteiger partial charge on any atom is 0.231 e. The third-order valence-electron chi connectivity index (χ3n) is 4.95. The minimum Gasteiger partial charge on any atom is -0.454 e. The van der Waals surface area contributed by atoms with Gasteiger partial charge in [-0.15, -0.1) is 0 Å². The number of nitrogens with one attached hydrogen (secondary N) is 2. The Balaban J connectivity index is 1.53. The summed E-state index contributed by atoms with van der Waals surface area (Å²) in [5, 5.41) is 6.49. The van der Waals surface area contributed by atoms with E-state index in [0.29, 0.717) is 31.3 Å². The topological polar surface area (TPSA) is 59.6 Å².